The zero-order valence-electron chi connectivity index (χ0n) is 23.3. The lowest BCUT2D eigenvalue weighted by atomic mass is 9.91. The Morgan fingerprint density at radius 2 is 1.69 bits per heavy atom. The SMILES string of the molecule is COC(=O)[C@H](C[C@@H]1CCCNC1=O)NC(=O)[C@H](CC1CC1)NC(=O)[C@H](Cc1ccc(F)cc1)NC(=O)c1cnccn1. The highest BCUT2D eigenvalue weighted by molar-refractivity contribution is 5.97. The highest BCUT2D eigenvalue weighted by Gasteiger charge is 2.36. The van der Waals surface area contributed by atoms with Crippen molar-refractivity contribution in [1.29, 1.82) is 0 Å². The molecule has 4 atom stereocenters. The molecular weight excluding hydrogens is 547 g/mol. The van der Waals surface area contributed by atoms with Crippen LogP contribution in [0.2, 0.25) is 0 Å². The number of halogens is 1. The highest BCUT2D eigenvalue weighted by atomic mass is 19.1. The Balaban J connectivity index is 1.49. The molecule has 0 radical (unpaired) electrons. The predicted octanol–water partition coefficient (Wildman–Crippen LogP) is 0.816. The van der Waals surface area contributed by atoms with Gasteiger partial charge in [-0.3, -0.25) is 24.2 Å². The second-order valence-electron chi connectivity index (χ2n) is 10.6. The van der Waals surface area contributed by atoms with Gasteiger partial charge in [-0.2, -0.15) is 0 Å². The fourth-order valence-electron chi connectivity index (χ4n) is 4.88. The summed E-state index contributed by atoms with van der Waals surface area (Å²) < 4.78 is 18.4. The Hall–Kier alpha value is -4.42. The normalized spacial score (nSPS) is 18.5. The van der Waals surface area contributed by atoms with Gasteiger partial charge in [0.15, 0.2) is 0 Å². The molecule has 0 bridgehead atoms. The van der Waals surface area contributed by atoms with Crippen LogP contribution in [0.3, 0.4) is 0 Å². The van der Waals surface area contributed by atoms with E-state index >= 15 is 0 Å². The number of amides is 4. The number of rotatable bonds is 13. The number of hydrogen-bond donors (Lipinski definition) is 4. The molecule has 13 heteroatoms. The van der Waals surface area contributed by atoms with Crippen molar-refractivity contribution in [3.05, 3.63) is 59.9 Å². The molecule has 1 saturated heterocycles. The van der Waals surface area contributed by atoms with Crippen molar-refractivity contribution >= 4 is 29.6 Å². The number of esters is 1. The van der Waals surface area contributed by atoms with Crippen LogP contribution < -0.4 is 21.3 Å². The first-order valence-corrected chi connectivity index (χ1v) is 14.0. The van der Waals surface area contributed by atoms with E-state index in [1.807, 2.05) is 0 Å². The zero-order valence-corrected chi connectivity index (χ0v) is 23.3. The molecule has 1 aliphatic carbocycles. The third-order valence-electron chi connectivity index (χ3n) is 7.39. The summed E-state index contributed by atoms with van der Waals surface area (Å²) in [4.78, 5) is 72.6. The van der Waals surface area contributed by atoms with E-state index in [2.05, 4.69) is 31.2 Å². The van der Waals surface area contributed by atoms with E-state index < -0.39 is 53.6 Å². The number of aromatic nitrogens is 2. The summed E-state index contributed by atoms with van der Waals surface area (Å²) in [5.41, 5.74) is 0.574. The molecule has 224 valence electrons. The monoisotopic (exact) mass is 582 g/mol. The minimum absolute atomic E-state index is 0.00523. The van der Waals surface area contributed by atoms with E-state index in [4.69, 9.17) is 4.74 Å². The number of hydrogen-bond acceptors (Lipinski definition) is 8. The van der Waals surface area contributed by atoms with Crippen LogP contribution in [0.15, 0.2) is 42.9 Å². The molecule has 4 rings (SSSR count). The third kappa shape index (κ3) is 8.79. The second kappa shape index (κ2) is 14.5. The van der Waals surface area contributed by atoms with Gasteiger partial charge in [-0.25, -0.2) is 14.2 Å². The number of nitrogens with one attached hydrogen (secondary N) is 4. The molecule has 12 nitrogen and oxygen atoms in total. The van der Waals surface area contributed by atoms with Crippen LogP contribution in [0, 0.1) is 17.7 Å². The first kappa shape index (κ1) is 30.5. The number of nitrogens with zero attached hydrogens (tertiary/aromatic N) is 2. The number of methoxy groups -OCH3 is 1. The average Bonchev–Trinajstić information content (AvgIpc) is 3.82. The Morgan fingerprint density at radius 1 is 0.976 bits per heavy atom. The van der Waals surface area contributed by atoms with Crippen LogP contribution in [0.1, 0.15) is 54.6 Å². The lowest BCUT2D eigenvalue weighted by Gasteiger charge is -2.28. The first-order chi connectivity index (χ1) is 20.2. The lowest BCUT2D eigenvalue weighted by Crippen LogP contribution is -2.57. The summed E-state index contributed by atoms with van der Waals surface area (Å²) in [5.74, 6) is -3.46. The summed E-state index contributed by atoms with van der Waals surface area (Å²) in [6, 6.07) is 2.27. The highest BCUT2D eigenvalue weighted by Crippen LogP contribution is 2.33. The van der Waals surface area contributed by atoms with E-state index in [1.54, 1.807) is 0 Å². The smallest absolute Gasteiger partial charge is 0.328 e. The third-order valence-corrected chi connectivity index (χ3v) is 7.39. The maximum Gasteiger partial charge on any atom is 0.328 e. The molecule has 2 aliphatic rings. The van der Waals surface area contributed by atoms with Gasteiger partial charge in [0, 0.05) is 31.3 Å². The van der Waals surface area contributed by atoms with E-state index in [-0.39, 0.29) is 30.4 Å². The topological polar surface area (TPSA) is 168 Å². The van der Waals surface area contributed by atoms with Crippen LogP contribution in [0.5, 0.6) is 0 Å². The second-order valence-corrected chi connectivity index (χ2v) is 10.6. The van der Waals surface area contributed by atoms with Gasteiger partial charge < -0.3 is 26.0 Å². The van der Waals surface area contributed by atoms with Gasteiger partial charge in [0.2, 0.25) is 17.7 Å². The summed E-state index contributed by atoms with van der Waals surface area (Å²) in [6.07, 6.45) is 7.53. The minimum Gasteiger partial charge on any atom is -0.467 e. The standard InChI is InChI=1S/C29H35FN6O6/c1-42-29(41)23(15-19-3-2-10-33-25(19)37)36-27(39)22(13-17-4-5-17)34-26(38)21(14-18-6-8-20(30)9-7-18)35-28(40)24-16-31-11-12-32-24/h6-9,11-12,16-17,19,21-23H,2-5,10,13-15H2,1H3,(H,33,37)(H,34,38)(H,35,40)(H,36,39)/t19-,21-,22-,23-/m0/s1. The summed E-state index contributed by atoms with van der Waals surface area (Å²) in [7, 11) is 1.20. The quantitative estimate of drug-likeness (QED) is 0.252. The van der Waals surface area contributed by atoms with Crippen molar-refractivity contribution in [2.45, 2.75) is 63.1 Å². The number of carbonyl (C=O) groups is 5. The largest absolute Gasteiger partial charge is 0.467 e. The Morgan fingerprint density at radius 3 is 2.33 bits per heavy atom. The molecule has 1 aliphatic heterocycles. The molecule has 2 aromatic rings. The number of carbonyl (C=O) groups excluding carboxylic acids is 5. The van der Waals surface area contributed by atoms with Crippen molar-refractivity contribution < 1.29 is 33.1 Å². The number of piperidine rings is 1. The van der Waals surface area contributed by atoms with Crippen LogP contribution in [0.25, 0.3) is 0 Å². The molecule has 1 saturated carbocycles. The van der Waals surface area contributed by atoms with Crippen molar-refractivity contribution in [3.8, 4) is 0 Å². The van der Waals surface area contributed by atoms with Crippen LogP contribution in [-0.2, 0) is 30.3 Å². The van der Waals surface area contributed by atoms with Gasteiger partial charge >= 0.3 is 5.97 Å². The first-order valence-electron chi connectivity index (χ1n) is 14.0. The van der Waals surface area contributed by atoms with Crippen LogP contribution in [-0.4, -0.2) is 71.3 Å². The van der Waals surface area contributed by atoms with Gasteiger partial charge in [-0.1, -0.05) is 25.0 Å². The molecule has 4 amide bonds. The van der Waals surface area contributed by atoms with Crippen molar-refractivity contribution in [2.75, 3.05) is 13.7 Å². The molecule has 4 N–H and O–H groups in total. The van der Waals surface area contributed by atoms with Gasteiger partial charge in [-0.05, 0) is 49.3 Å². The number of ether oxygens (including phenoxy) is 1. The molecule has 1 aromatic carbocycles. The van der Waals surface area contributed by atoms with E-state index in [0.717, 1.165) is 19.3 Å². The molecular formula is C29H35FN6O6. The molecule has 0 unspecified atom stereocenters. The number of benzene rings is 1. The van der Waals surface area contributed by atoms with Gasteiger partial charge in [0.05, 0.1) is 13.3 Å². The van der Waals surface area contributed by atoms with E-state index in [0.29, 0.717) is 24.9 Å². The Kier molecular flexibility index (Phi) is 10.5. The molecule has 0 spiro atoms. The van der Waals surface area contributed by atoms with Crippen LogP contribution >= 0.6 is 0 Å². The van der Waals surface area contributed by atoms with E-state index in [1.165, 1.54) is 50.0 Å². The maximum absolute atomic E-state index is 13.6. The van der Waals surface area contributed by atoms with E-state index in [9.17, 15) is 28.4 Å². The van der Waals surface area contributed by atoms with Gasteiger partial charge in [-0.15, -0.1) is 0 Å². The molecule has 2 heterocycles. The molecule has 1 aromatic heterocycles. The Labute approximate surface area is 242 Å². The zero-order chi connectivity index (χ0) is 30.1. The maximum atomic E-state index is 13.6. The fraction of sp³-hybridized carbons (Fsp3) is 0.483. The summed E-state index contributed by atoms with van der Waals surface area (Å²) >= 11 is 0. The Bertz CT molecular complexity index is 1270. The van der Waals surface area contributed by atoms with Crippen molar-refractivity contribution in [2.24, 2.45) is 11.8 Å². The van der Waals surface area contributed by atoms with Gasteiger partial charge in [0.1, 0.15) is 29.6 Å². The average molecular weight is 583 g/mol. The molecule has 2 fully saturated rings. The van der Waals surface area contributed by atoms with Crippen molar-refractivity contribution in [3.63, 3.8) is 0 Å². The van der Waals surface area contributed by atoms with Gasteiger partial charge in [0.25, 0.3) is 5.91 Å². The lowest BCUT2D eigenvalue weighted by molar-refractivity contribution is -0.146. The summed E-state index contributed by atoms with van der Waals surface area (Å²) in [6.45, 7) is 0.562. The van der Waals surface area contributed by atoms with Crippen molar-refractivity contribution in [1.82, 2.24) is 31.2 Å². The predicted molar refractivity (Wildman–Crippen MR) is 147 cm³/mol. The summed E-state index contributed by atoms with van der Waals surface area (Å²) in [5, 5.41) is 10.8. The van der Waals surface area contributed by atoms with Crippen LogP contribution in [0.4, 0.5) is 4.39 Å². The fourth-order valence-corrected chi connectivity index (χ4v) is 4.88. The molecule has 42 heavy (non-hydrogen) atoms. The minimum atomic E-state index is -1.14.